The Kier molecular flexibility index (Phi) is 11.2. The summed E-state index contributed by atoms with van der Waals surface area (Å²) < 4.78 is 5.43. The van der Waals surface area contributed by atoms with Crippen LogP contribution in [-0.2, 0) is 28.3 Å². The van der Waals surface area contributed by atoms with Crippen molar-refractivity contribution in [2.45, 2.75) is 62.9 Å². The monoisotopic (exact) mass is 564 g/mol. The molecule has 1 aliphatic rings. The van der Waals surface area contributed by atoms with Gasteiger partial charge in [0.05, 0.1) is 12.9 Å². The second-order valence-corrected chi connectivity index (χ2v) is 11.5. The molecule has 0 heterocycles. The number of carbonyl (C=O) groups excluding carboxylic acids is 2. The molecular weight excluding hydrogens is 528 g/mol. The van der Waals surface area contributed by atoms with Crippen LogP contribution in [-0.4, -0.2) is 41.7 Å². The second kappa shape index (κ2) is 15.0. The number of amides is 2. The van der Waals surface area contributed by atoms with Gasteiger partial charge in [0.25, 0.3) is 0 Å². The van der Waals surface area contributed by atoms with Crippen LogP contribution in [0.3, 0.4) is 0 Å². The quantitative estimate of drug-likeness (QED) is 0.267. The fraction of sp³-hybridized carbons (Fsp3) is 0.375. The highest BCUT2D eigenvalue weighted by Crippen LogP contribution is 2.23. The highest BCUT2D eigenvalue weighted by Gasteiger charge is 2.32. The molecular formula is C32H37ClN2O3S. The molecule has 5 nitrogen and oxygen atoms in total. The van der Waals surface area contributed by atoms with E-state index in [4.69, 9.17) is 16.3 Å². The maximum atomic E-state index is 13.9. The molecule has 0 aliphatic heterocycles. The number of methoxy groups -OCH3 is 1. The van der Waals surface area contributed by atoms with Gasteiger partial charge in [0.1, 0.15) is 11.8 Å². The van der Waals surface area contributed by atoms with Crippen molar-refractivity contribution in [1.82, 2.24) is 10.2 Å². The van der Waals surface area contributed by atoms with Crippen molar-refractivity contribution < 1.29 is 14.3 Å². The van der Waals surface area contributed by atoms with Crippen LogP contribution in [0.4, 0.5) is 0 Å². The molecule has 7 heteroatoms. The van der Waals surface area contributed by atoms with E-state index in [0.29, 0.717) is 23.7 Å². The number of hydrogen-bond acceptors (Lipinski definition) is 4. The fourth-order valence-electron chi connectivity index (χ4n) is 4.99. The summed E-state index contributed by atoms with van der Waals surface area (Å²) in [6.07, 6.45) is 5.90. The van der Waals surface area contributed by atoms with E-state index < -0.39 is 6.04 Å². The number of hydrogen-bond donors (Lipinski definition) is 1. The summed E-state index contributed by atoms with van der Waals surface area (Å²) in [4.78, 5) is 29.5. The number of rotatable bonds is 12. The van der Waals surface area contributed by atoms with E-state index in [2.05, 4.69) is 5.32 Å². The molecule has 4 rings (SSSR count). The number of carbonyl (C=O) groups is 2. The maximum absolute atomic E-state index is 13.9. The van der Waals surface area contributed by atoms with Gasteiger partial charge in [0.2, 0.25) is 11.8 Å². The summed E-state index contributed by atoms with van der Waals surface area (Å²) in [5, 5.41) is 3.98. The highest BCUT2D eigenvalue weighted by atomic mass is 35.5. The van der Waals surface area contributed by atoms with Gasteiger partial charge >= 0.3 is 0 Å². The topological polar surface area (TPSA) is 58.6 Å². The lowest BCUT2D eigenvalue weighted by atomic mass is 9.94. The molecule has 0 unspecified atom stereocenters. The predicted molar refractivity (Wildman–Crippen MR) is 160 cm³/mol. The van der Waals surface area contributed by atoms with Crippen LogP contribution in [0.1, 0.15) is 48.8 Å². The summed E-state index contributed by atoms with van der Waals surface area (Å²) in [6, 6.07) is 24.9. The zero-order valence-electron chi connectivity index (χ0n) is 22.5. The smallest absolute Gasteiger partial charge is 0.243 e. The number of thioether (sulfide) groups is 1. The van der Waals surface area contributed by atoms with Crippen LogP contribution >= 0.6 is 23.4 Å². The van der Waals surface area contributed by atoms with Gasteiger partial charge in [-0.25, -0.2) is 0 Å². The molecule has 1 atom stereocenters. The maximum Gasteiger partial charge on any atom is 0.243 e. The third kappa shape index (κ3) is 9.04. The van der Waals surface area contributed by atoms with Crippen LogP contribution in [0.2, 0.25) is 5.02 Å². The first-order valence-electron chi connectivity index (χ1n) is 13.6. The van der Waals surface area contributed by atoms with Crippen molar-refractivity contribution in [1.29, 1.82) is 0 Å². The van der Waals surface area contributed by atoms with Crippen molar-refractivity contribution >= 4 is 35.2 Å². The van der Waals surface area contributed by atoms with Gasteiger partial charge in [-0.3, -0.25) is 9.59 Å². The van der Waals surface area contributed by atoms with Crippen LogP contribution in [0.15, 0.2) is 78.9 Å². The van der Waals surface area contributed by atoms with Gasteiger partial charge in [-0.2, -0.15) is 0 Å². The number of halogens is 1. The van der Waals surface area contributed by atoms with Gasteiger partial charge in [-0.1, -0.05) is 85.5 Å². The first-order chi connectivity index (χ1) is 19.0. The van der Waals surface area contributed by atoms with E-state index in [0.717, 1.165) is 48.1 Å². The molecule has 1 fully saturated rings. The van der Waals surface area contributed by atoms with Crippen molar-refractivity contribution in [3.8, 4) is 5.75 Å². The summed E-state index contributed by atoms with van der Waals surface area (Å²) in [7, 11) is 1.63. The van der Waals surface area contributed by atoms with E-state index in [-0.39, 0.29) is 23.6 Å². The number of nitrogens with zero attached hydrogens (tertiary/aromatic N) is 1. The highest BCUT2D eigenvalue weighted by molar-refractivity contribution is 7.99. The minimum atomic E-state index is -0.621. The minimum absolute atomic E-state index is 0.0588. The van der Waals surface area contributed by atoms with E-state index in [9.17, 15) is 9.59 Å². The standard InChI is InChI=1S/C32H37ClN2O3S/c1-38-29-14-8-11-26(19-29)21-35(31(36)23-39-22-25-15-17-27(33)18-16-25)30(20-24-9-4-2-5-10-24)32(37)34-28-12-6-3-7-13-28/h2,4-5,8-11,14-19,28,30H,3,6-7,12-13,20-23H2,1H3,(H,34,37)/t30-/m1/s1. The molecule has 1 saturated carbocycles. The molecule has 0 aromatic heterocycles. The number of ether oxygens (including phenoxy) is 1. The molecule has 1 aliphatic carbocycles. The van der Waals surface area contributed by atoms with Crippen molar-refractivity contribution in [3.05, 3.63) is 101 Å². The summed E-state index contributed by atoms with van der Waals surface area (Å²) in [5.41, 5.74) is 3.06. The van der Waals surface area contributed by atoms with Gasteiger partial charge in [-0.15, -0.1) is 11.8 Å². The van der Waals surface area contributed by atoms with Crippen molar-refractivity contribution in [2.75, 3.05) is 12.9 Å². The second-order valence-electron chi connectivity index (χ2n) is 10.0. The molecule has 0 radical (unpaired) electrons. The molecule has 3 aromatic rings. The number of nitrogens with one attached hydrogen (secondary N) is 1. The van der Waals surface area contributed by atoms with Crippen LogP contribution in [0.5, 0.6) is 5.75 Å². The Morgan fingerprint density at radius 2 is 1.67 bits per heavy atom. The minimum Gasteiger partial charge on any atom is -0.497 e. The third-order valence-electron chi connectivity index (χ3n) is 7.12. The van der Waals surface area contributed by atoms with E-state index in [1.54, 1.807) is 23.8 Å². The van der Waals surface area contributed by atoms with E-state index in [1.807, 2.05) is 78.9 Å². The molecule has 0 bridgehead atoms. The van der Waals surface area contributed by atoms with Crippen LogP contribution < -0.4 is 10.1 Å². The molecule has 39 heavy (non-hydrogen) atoms. The van der Waals surface area contributed by atoms with E-state index >= 15 is 0 Å². The van der Waals surface area contributed by atoms with Gasteiger partial charge in [0, 0.05) is 29.8 Å². The Bertz CT molecular complexity index is 1200. The fourth-order valence-corrected chi connectivity index (χ4v) is 5.98. The lowest BCUT2D eigenvalue weighted by Crippen LogP contribution is -2.53. The molecule has 3 aromatic carbocycles. The molecule has 0 spiro atoms. The average Bonchev–Trinajstić information content (AvgIpc) is 2.97. The van der Waals surface area contributed by atoms with E-state index in [1.165, 1.54) is 6.42 Å². The van der Waals surface area contributed by atoms with Crippen molar-refractivity contribution in [2.24, 2.45) is 0 Å². The Labute approximate surface area is 241 Å². The Hall–Kier alpha value is -2.96. The van der Waals surface area contributed by atoms with Crippen LogP contribution in [0, 0.1) is 0 Å². The Morgan fingerprint density at radius 1 is 0.949 bits per heavy atom. The SMILES string of the molecule is COc1cccc(CN(C(=O)CSCc2ccc(Cl)cc2)[C@H](Cc2ccccc2)C(=O)NC2CCCCC2)c1. The lowest BCUT2D eigenvalue weighted by molar-refractivity contribution is -0.139. The molecule has 1 N–H and O–H groups in total. The molecule has 0 saturated heterocycles. The average molecular weight is 565 g/mol. The summed E-state index contributed by atoms with van der Waals surface area (Å²) >= 11 is 7.57. The third-order valence-corrected chi connectivity index (χ3v) is 8.36. The van der Waals surface area contributed by atoms with Gasteiger partial charge in [-0.05, 0) is 53.8 Å². The largest absolute Gasteiger partial charge is 0.497 e. The molecule has 2 amide bonds. The Morgan fingerprint density at radius 3 is 2.38 bits per heavy atom. The Balaban J connectivity index is 1.57. The first-order valence-corrected chi connectivity index (χ1v) is 15.1. The number of benzene rings is 3. The van der Waals surface area contributed by atoms with Crippen molar-refractivity contribution in [3.63, 3.8) is 0 Å². The predicted octanol–water partition coefficient (Wildman–Crippen LogP) is 6.67. The van der Waals surface area contributed by atoms with Gasteiger partial charge in [0.15, 0.2) is 0 Å². The molecule has 206 valence electrons. The lowest BCUT2D eigenvalue weighted by Gasteiger charge is -2.33. The first kappa shape index (κ1) is 29.0. The zero-order chi connectivity index (χ0) is 27.5. The summed E-state index contributed by atoms with van der Waals surface area (Å²) in [5.74, 6) is 1.55. The summed E-state index contributed by atoms with van der Waals surface area (Å²) in [6.45, 7) is 0.327. The zero-order valence-corrected chi connectivity index (χ0v) is 24.1. The van der Waals surface area contributed by atoms with Crippen LogP contribution in [0.25, 0.3) is 0 Å². The normalized spacial score (nSPS) is 14.4. The van der Waals surface area contributed by atoms with Gasteiger partial charge < -0.3 is 15.0 Å².